The third-order valence-electron chi connectivity index (χ3n) is 3.36. The number of benzene rings is 2. The number of halogens is 1. The zero-order chi connectivity index (χ0) is 15.0. The molecule has 0 aliphatic heterocycles. The first-order valence-electron chi connectivity index (χ1n) is 6.50. The van der Waals surface area contributed by atoms with E-state index in [1.54, 1.807) is 12.1 Å². The molecule has 0 saturated carbocycles. The second-order valence-electron chi connectivity index (χ2n) is 4.59. The fourth-order valence-electron chi connectivity index (χ4n) is 2.35. The predicted molar refractivity (Wildman–Crippen MR) is 85.8 cm³/mol. The number of aromatic nitrogens is 2. The van der Waals surface area contributed by atoms with Gasteiger partial charge in [0.1, 0.15) is 5.82 Å². The van der Waals surface area contributed by atoms with Crippen molar-refractivity contribution in [3.63, 3.8) is 0 Å². The largest absolute Gasteiger partial charge is 0.269 e. The fourth-order valence-corrected chi connectivity index (χ4v) is 4.41. The molecule has 6 heteroatoms. The van der Waals surface area contributed by atoms with E-state index in [1.807, 2.05) is 31.2 Å². The van der Waals surface area contributed by atoms with Crippen LogP contribution < -0.4 is 0 Å². The third kappa shape index (κ3) is 2.28. The van der Waals surface area contributed by atoms with Crippen LogP contribution >= 0.6 is 15.9 Å². The Morgan fingerprint density at radius 2 is 1.86 bits per heavy atom. The van der Waals surface area contributed by atoms with Gasteiger partial charge in [0.15, 0.2) is 0 Å². The minimum Gasteiger partial charge on any atom is -0.241 e. The molecule has 0 unspecified atom stereocenters. The van der Waals surface area contributed by atoms with Crippen LogP contribution in [0.2, 0.25) is 0 Å². The van der Waals surface area contributed by atoms with Crippen LogP contribution in [0.5, 0.6) is 0 Å². The second kappa shape index (κ2) is 5.27. The van der Waals surface area contributed by atoms with Crippen LogP contribution in [0.15, 0.2) is 58.2 Å². The molecule has 0 radical (unpaired) electrons. The van der Waals surface area contributed by atoms with E-state index < -0.39 is 10.0 Å². The lowest BCUT2D eigenvalue weighted by Gasteiger charge is -2.11. The summed E-state index contributed by atoms with van der Waals surface area (Å²) in [5.41, 5.74) is 0. The third-order valence-corrected chi connectivity index (χ3v) is 5.82. The molecule has 21 heavy (non-hydrogen) atoms. The molecule has 0 bridgehead atoms. The Bertz CT molecular complexity index is 916. The van der Waals surface area contributed by atoms with Gasteiger partial charge in [0.25, 0.3) is 10.0 Å². The molecule has 0 spiro atoms. The van der Waals surface area contributed by atoms with Gasteiger partial charge in [-0.25, -0.2) is 17.4 Å². The number of hydrogen-bond donors (Lipinski definition) is 0. The summed E-state index contributed by atoms with van der Waals surface area (Å²) in [7, 11) is -3.65. The van der Waals surface area contributed by atoms with Gasteiger partial charge in [0.2, 0.25) is 0 Å². The Hall–Kier alpha value is -1.66. The molecule has 0 aliphatic carbocycles. The van der Waals surface area contributed by atoms with E-state index in [1.165, 1.54) is 16.4 Å². The van der Waals surface area contributed by atoms with Crippen molar-refractivity contribution >= 4 is 36.7 Å². The van der Waals surface area contributed by atoms with Gasteiger partial charge >= 0.3 is 0 Å². The lowest BCUT2D eigenvalue weighted by molar-refractivity contribution is 0.585. The van der Waals surface area contributed by atoms with Crippen molar-refractivity contribution in [2.24, 2.45) is 0 Å². The number of aryl methyl sites for hydroxylation is 1. The lowest BCUT2D eigenvalue weighted by atomic mass is 10.1. The Labute approximate surface area is 131 Å². The summed E-state index contributed by atoms with van der Waals surface area (Å²) in [5.74, 6) is 0.530. The van der Waals surface area contributed by atoms with Crippen LogP contribution in [-0.4, -0.2) is 17.4 Å². The molecule has 3 rings (SSSR count). The number of rotatable bonds is 3. The number of nitrogens with zero attached hydrogens (tertiary/aromatic N) is 2. The smallest absolute Gasteiger partial charge is 0.241 e. The summed E-state index contributed by atoms with van der Waals surface area (Å²) in [6.07, 6.45) is 3.56. The monoisotopic (exact) mass is 364 g/mol. The van der Waals surface area contributed by atoms with Crippen molar-refractivity contribution in [1.29, 1.82) is 0 Å². The van der Waals surface area contributed by atoms with Crippen LogP contribution in [0, 0.1) is 0 Å². The number of hydrogen-bond acceptors (Lipinski definition) is 3. The van der Waals surface area contributed by atoms with Crippen LogP contribution in [0.3, 0.4) is 0 Å². The van der Waals surface area contributed by atoms with Crippen molar-refractivity contribution in [3.05, 3.63) is 59.1 Å². The first kappa shape index (κ1) is 14.3. The van der Waals surface area contributed by atoms with E-state index in [0.29, 0.717) is 17.6 Å². The van der Waals surface area contributed by atoms with Crippen molar-refractivity contribution < 1.29 is 8.42 Å². The van der Waals surface area contributed by atoms with E-state index >= 15 is 0 Å². The number of fused-ring (bicyclic) bond motifs is 1. The van der Waals surface area contributed by atoms with Gasteiger partial charge in [-0.3, -0.25) is 0 Å². The molecule has 0 saturated heterocycles. The van der Waals surface area contributed by atoms with Crippen LogP contribution in [0.4, 0.5) is 0 Å². The van der Waals surface area contributed by atoms with Crippen LogP contribution in [0.25, 0.3) is 10.8 Å². The Morgan fingerprint density at radius 3 is 2.57 bits per heavy atom. The zero-order valence-electron chi connectivity index (χ0n) is 11.3. The minimum atomic E-state index is -3.65. The topological polar surface area (TPSA) is 52.0 Å². The van der Waals surface area contributed by atoms with Crippen molar-refractivity contribution in [1.82, 2.24) is 8.96 Å². The standard InChI is InChI=1S/C15H13BrN2O2S/c1-2-15-17-9-10-18(15)21(19,20)14-8-7-13(16)11-5-3-4-6-12(11)14/h3-10H,2H2,1H3. The van der Waals surface area contributed by atoms with Gasteiger partial charge in [-0.2, -0.15) is 0 Å². The molecule has 2 aromatic carbocycles. The van der Waals surface area contributed by atoms with Gasteiger partial charge < -0.3 is 0 Å². The quantitative estimate of drug-likeness (QED) is 0.713. The highest BCUT2D eigenvalue weighted by Crippen LogP contribution is 2.30. The van der Waals surface area contributed by atoms with E-state index in [2.05, 4.69) is 20.9 Å². The molecule has 3 aromatic rings. The van der Waals surface area contributed by atoms with E-state index in [-0.39, 0.29) is 4.90 Å². The normalized spacial score (nSPS) is 11.9. The maximum absolute atomic E-state index is 12.9. The highest BCUT2D eigenvalue weighted by Gasteiger charge is 2.22. The first-order chi connectivity index (χ1) is 10.1. The second-order valence-corrected chi connectivity index (χ2v) is 7.23. The highest BCUT2D eigenvalue weighted by molar-refractivity contribution is 9.10. The molecular formula is C15H13BrN2O2S. The zero-order valence-corrected chi connectivity index (χ0v) is 13.7. The molecule has 0 amide bonds. The van der Waals surface area contributed by atoms with E-state index in [4.69, 9.17) is 0 Å². The molecule has 0 N–H and O–H groups in total. The molecule has 0 fully saturated rings. The summed E-state index contributed by atoms with van der Waals surface area (Å²) >= 11 is 3.46. The molecule has 0 aliphatic rings. The molecule has 1 aromatic heterocycles. The van der Waals surface area contributed by atoms with Crippen molar-refractivity contribution in [2.45, 2.75) is 18.2 Å². The van der Waals surface area contributed by atoms with Gasteiger partial charge in [0, 0.05) is 28.7 Å². The van der Waals surface area contributed by atoms with Gasteiger partial charge in [-0.15, -0.1) is 0 Å². The lowest BCUT2D eigenvalue weighted by Crippen LogP contribution is -2.15. The van der Waals surface area contributed by atoms with Gasteiger partial charge in [0.05, 0.1) is 4.90 Å². The number of imidazole rings is 1. The highest BCUT2D eigenvalue weighted by atomic mass is 79.9. The van der Waals surface area contributed by atoms with Gasteiger partial charge in [-0.1, -0.05) is 47.1 Å². The summed E-state index contributed by atoms with van der Waals surface area (Å²) in [4.78, 5) is 4.38. The molecule has 0 atom stereocenters. The Kier molecular flexibility index (Phi) is 3.59. The SMILES string of the molecule is CCc1nccn1S(=O)(=O)c1ccc(Br)c2ccccc12. The van der Waals surface area contributed by atoms with Crippen molar-refractivity contribution in [3.8, 4) is 0 Å². The maximum Gasteiger partial charge on any atom is 0.269 e. The van der Waals surface area contributed by atoms with E-state index in [0.717, 1.165) is 9.86 Å². The Morgan fingerprint density at radius 1 is 1.14 bits per heavy atom. The van der Waals surface area contributed by atoms with E-state index in [9.17, 15) is 8.42 Å². The molecule has 4 nitrogen and oxygen atoms in total. The summed E-state index contributed by atoms with van der Waals surface area (Å²) in [6, 6.07) is 10.8. The van der Waals surface area contributed by atoms with Crippen LogP contribution in [0.1, 0.15) is 12.7 Å². The van der Waals surface area contributed by atoms with Gasteiger partial charge in [-0.05, 0) is 17.5 Å². The van der Waals surface area contributed by atoms with Crippen molar-refractivity contribution in [2.75, 3.05) is 0 Å². The Balaban J connectivity index is 2.33. The molecule has 108 valence electrons. The fraction of sp³-hybridized carbons (Fsp3) is 0.133. The predicted octanol–water partition coefficient (Wildman–Crippen LogP) is 3.60. The maximum atomic E-state index is 12.9. The molecular weight excluding hydrogens is 352 g/mol. The molecule has 1 heterocycles. The average molecular weight is 365 g/mol. The van der Waals surface area contributed by atoms with Crippen LogP contribution in [-0.2, 0) is 16.4 Å². The minimum absolute atomic E-state index is 0.286. The summed E-state index contributed by atoms with van der Waals surface area (Å²) in [5, 5.41) is 1.57. The first-order valence-corrected chi connectivity index (χ1v) is 8.74. The summed E-state index contributed by atoms with van der Waals surface area (Å²) in [6.45, 7) is 1.88. The average Bonchev–Trinajstić information content (AvgIpc) is 2.97. The summed E-state index contributed by atoms with van der Waals surface area (Å²) < 4.78 is 27.9.